The lowest BCUT2D eigenvalue weighted by molar-refractivity contribution is 0.111. The molecule has 2 aromatic heterocycles. The molecule has 0 aliphatic rings. The van der Waals surface area contributed by atoms with Crippen molar-refractivity contribution in [3.8, 4) is 28.9 Å². The van der Waals surface area contributed by atoms with Gasteiger partial charge in [-0.2, -0.15) is 9.97 Å². The summed E-state index contributed by atoms with van der Waals surface area (Å²) in [5, 5.41) is 0. The summed E-state index contributed by atoms with van der Waals surface area (Å²) in [5.41, 5.74) is 3.99. The van der Waals surface area contributed by atoms with Crippen molar-refractivity contribution in [3.63, 3.8) is 0 Å². The third-order valence-electron chi connectivity index (χ3n) is 4.79. The molecule has 4 rings (SSSR count). The van der Waals surface area contributed by atoms with E-state index in [4.69, 9.17) is 14.2 Å². The molecule has 2 heterocycles. The molecule has 4 aromatic rings. The maximum Gasteiger partial charge on any atom is 0.323 e. The van der Waals surface area contributed by atoms with Crippen molar-refractivity contribution in [1.82, 2.24) is 15.0 Å². The molecule has 8 heteroatoms. The van der Waals surface area contributed by atoms with Crippen LogP contribution in [0, 0.1) is 0 Å². The Labute approximate surface area is 199 Å². The predicted molar refractivity (Wildman–Crippen MR) is 126 cm³/mol. The zero-order chi connectivity index (χ0) is 23.0. The topological polar surface area (TPSA) is 83.4 Å². The molecule has 0 saturated heterocycles. The summed E-state index contributed by atoms with van der Waals surface area (Å²) in [5.74, 6) is 0.154. The first-order valence-electron chi connectivity index (χ1n) is 10.1. The number of methoxy groups -OCH3 is 1. The largest absolute Gasteiger partial charge is 0.480 e. The Morgan fingerprint density at radius 3 is 2.45 bits per heavy atom. The van der Waals surface area contributed by atoms with Crippen molar-refractivity contribution >= 4 is 22.2 Å². The summed E-state index contributed by atoms with van der Waals surface area (Å²) in [7, 11) is 1.42. The average Bonchev–Trinajstić information content (AvgIpc) is 2.87. The smallest absolute Gasteiger partial charge is 0.323 e. The standard InChI is InChI=1S/C25H20BrN3O4/c1-31-23-21(14-30)24(32-15-17-7-6-12-27-13-17)29-25(28-23)33-16-19-10-5-11-20(22(19)26)18-8-3-2-4-9-18/h2-14H,15-16H2,1H3. The van der Waals surface area contributed by atoms with E-state index in [0.29, 0.717) is 6.29 Å². The molecule has 0 atom stereocenters. The van der Waals surface area contributed by atoms with Gasteiger partial charge in [0.1, 0.15) is 18.8 Å². The highest BCUT2D eigenvalue weighted by atomic mass is 79.9. The van der Waals surface area contributed by atoms with Crippen LogP contribution in [0.25, 0.3) is 11.1 Å². The second-order valence-electron chi connectivity index (χ2n) is 6.94. The van der Waals surface area contributed by atoms with Gasteiger partial charge in [0.05, 0.1) is 7.11 Å². The van der Waals surface area contributed by atoms with Gasteiger partial charge in [0.15, 0.2) is 6.29 Å². The van der Waals surface area contributed by atoms with Crippen LogP contribution in [-0.2, 0) is 13.2 Å². The minimum absolute atomic E-state index is 0.0376. The van der Waals surface area contributed by atoms with Gasteiger partial charge in [-0.15, -0.1) is 0 Å². The van der Waals surface area contributed by atoms with E-state index in [-0.39, 0.29) is 36.5 Å². The van der Waals surface area contributed by atoms with E-state index >= 15 is 0 Å². The first kappa shape index (κ1) is 22.4. The number of hydrogen-bond acceptors (Lipinski definition) is 7. The number of carbonyl (C=O) groups excluding carboxylic acids is 1. The van der Waals surface area contributed by atoms with E-state index in [1.165, 1.54) is 7.11 Å². The van der Waals surface area contributed by atoms with Gasteiger partial charge in [-0.1, -0.05) is 54.6 Å². The molecule has 0 aliphatic heterocycles. The molecular weight excluding hydrogens is 486 g/mol. The lowest BCUT2D eigenvalue weighted by Crippen LogP contribution is -2.08. The average molecular weight is 506 g/mol. The summed E-state index contributed by atoms with van der Waals surface area (Å²) in [6.07, 6.45) is 3.94. The van der Waals surface area contributed by atoms with Gasteiger partial charge in [-0.3, -0.25) is 9.78 Å². The molecular formula is C25H20BrN3O4. The Morgan fingerprint density at radius 1 is 0.909 bits per heavy atom. The van der Waals surface area contributed by atoms with Gasteiger partial charge in [0.2, 0.25) is 11.8 Å². The van der Waals surface area contributed by atoms with Crippen LogP contribution in [-0.4, -0.2) is 28.3 Å². The van der Waals surface area contributed by atoms with E-state index in [1.54, 1.807) is 18.5 Å². The maximum atomic E-state index is 11.6. The summed E-state index contributed by atoms with van der Waals surface area (Å²) in [6, 6.07) is 19.7. The molecule has 0 aliphatic carbocycles. The lowest BCUT2D eigenvalue weighted by atomic mass is 10.0. The Morgan fingerprint density at radius 2 is 1.73 bits per heavy atom. The summed E-state index contributed by atoms with van der Waals surface area (Å²) in [4.78, 5) is 24.2. The third kappa shape index (κ3) is 5.35. The SMILES string of the molecule is COc1nc(OCc2cccc(-c3ccccc3)c2Br)nc(OCc2cccnc2)c1C=O. The van der Waals surface area contributed by atoms with Crippen molar-refractivity contribution in [1.29, 1.82) is 0 Å². The molecule has 7 nitrogen and oxygen atoms in total. The lowest BCUT2D eigenvalue weighted by Gasteiger charge is -2.13. The molecule has 0 amide bonds. The van der Waals surface area contributed by atoms with Crippen LogP contribution in [0.2, 0.25) is 0 Å². The fourth-order valence-corrected chi connectivity index (χ4v) is 3.76. The van der Waals surface area contributed by atoms with Gasteiger partial charge < -0.3 is 14.2 Å². The van der Waals surface area contributed by atoms with Crippen LogP contribution in [0.3, 0.4) is 0 Å². The Bertz CT molecular complexity index is 1240. The van der Waals surface area contributed by atoms with Crippen molar-refractivity contribution in [2.24, 2.45) is 0 Å². The number of aldehydes is 1. The van der Waals surface area contributed by atoms with E-state index < -0.39 is 0 Å². The number of halogens is 1. The quantitative estimate of drug-likeness (QED) is 0.286. The Hall–Kier alpha value is -3.78. The minimum Gasteiger partial charge on any atom is -0.480 e. The van der Waals surface area contributed by atoms with Crippen LogP contribution in [0.4, 0.5) is 0 Å². The highest BCUT2D eigenvalue weighted by molar-refractivity contribution is 9.10. The minimum atomic E-state index is 0.0376. The van der Waals surface area contributed by atoms with Gasteiger partial charge in [-0.05, 0) is 33.1 Å². The number of rotatable bonds is 9. The maximum absolute atomic E-state index is 11.6. The summed E-state index contributed by atoms with van der Waals surface area (Å²) in [6.45, 7) is 0.381. The van der Waals surface area contributed by atoms with Crippen LogP contribution in [0.5, 0.6) is 17.8 Å². The van der Waals surface area contributed by atoms with Gasteiger partial charge in [0.25, 0.3) is 0 Å². The molecule has 0 radical (unpaired) electrons. The zero-order valence-corrected chi connectivity index (χ0v) is 19.4. The zero-order valence-electron chi connectivity index (χ0n) is 17.8. The second-order valence-corrected chi connectivity index (χ2v) is 7.73. The number of carbonyl (C=O) groups is 1. The van der Waals surface area contributed by atoms with Crippen molar-refractivity contribution in [2.45, 2.75) is 13.2 Å². The molecule has 2 aromatic carbocycles. The van der Waals surface area contributed by atoms with Gasteiger partial charge in [0, 0.05) is 28.0 Å². The fourth-order valence-electron chi connectivity index (χ4n) is 3.15. The Kier molecular flexibility index (Phi) is 7.26. The van der Waals surface area contributed by atoms with Crippen LogP contribution in [0.1, 0.15) is 21.5 Å². The molecule has 33 heavy (non-hydrogen) atoms. The van der Waals surface area contributed by atoms with E-state index in [2.05, 4.69) is 30.9 Å². The number of ether oxygens (including phenoxy) is 3. The van der Waals surface area contributed by atoms with Gasteiger partial charge >= 0.3 is 6.01 Å². The number of pyridine rings is 1. The summed E-state index contributed by atoms with van der Waals surface area (Å²) >= 11 is 3.69. The molecule has 0 saturated carbocycles. The van der Waals surface area contributed by atoms with E-state index in [1.807, 2.05) is 54.6 Å². The molecule has 0 spiro atoms. The van der Waals surface area contributed by atoms with Crippen LogP contribution >= 0.6 is 15.9 Å². The van der Waals surface area contributed by atoms with E-state index in [9.17, 15) is 4.79 Å². The van der Waals surface area contributed by atoms with Gasteiger partial charge in [-0.25, -0.2) is 0 Å². The van der Waals surface area contributed by atoms with Crippen molar-refractivity contribution in [2.75, 3.05) is 7.11 Å². The molecule has 0 fully saturated rings. The summed E-state index contributed by atoms with van der Waals surface area (Å²) < 4.78 is 17.8. The first-order valence-corrected chi connectivity index (χ1v) is 10.9. The van der Waals surface area contributed by atoms with Crippen molar-refractivity contribution < 1.29 is 19.0 Å². The molecule has 0 N–H and O–H groups in total. The Balaban J connectivity index is 1.56. The highest BCUT2D eigenvalue weighted by Crippen LogP contribution is 2.32. The number of hydrogen-bond donors (Lipinski definition) is 0. The monoisotopic (exact) mass is 505 g/mol. The fraction of sp³-hybridized carbons (Fsp3) is 0.120. The molecule has 0 unspecified atom stereocenters. The van der Waals surface area contributed by atoms with Crippen LogP contribution < -0.4 is 14.2 Å². The molecule has 166 valence electrons. The van der Waals surface area contributed by atoms with Crippen LogP contribution in [0.15, 0.2) is 77.5 Å². The number of nitrogens with zero attached hydrogens (tertiary/aromatic N) is 3. The highest BCUT2D eigenvalue weighted by Gasteiger charge is 2.18. The first-order chi connectivity index (χ1) is 16.2. The normalized spacial score (nSPS) is 10.5. The number of benzene rings is 2. The molecule has 0 bridgehead atoms. The van der Waals surface area contributed by atoms with E-state index in [0.717, 1.165) is 26.7 Å². The third-order valence-corrected chi connectivity index (χ3v) is 5.72. The van der Waals surface area contributed by atoms with Crippen molar-refractivity contribution in [3.05, 3.63) is 94.2 Å². The second kappa shape index (κ2) is 10.7. The predicted octanol–water partition coefficient (Wildman–Crippen LogP) is 5.28. The number of aromatic nitrogens is 3.